The Labute approximate surface area is 207 Å². The Kier molecular flexibility index (Phi) is 7.14. The number of hydrogen-bond acceptors (Lipinski definition) is 10. The summed E-state index contributed by atoms with van der Waals surface area (Å²) in [6.45, 7) is 2.48. The molecular formula is C26H29NO9. The summed E-state index contributed by atoms with van der Waals surface area (Å²) < 4.78 is 10.1. The lowest BCUT2D eigenvalue weighted by molar-refractivity contribution is -0.122. The van der Waals surface area contributed by atoms with Crippen LogP contribution in [0.15, 0.2) is 18.2 Å². The van der Waals surface area contributed by atoms with E-state index in [4.69, 9.17) is 20.3 Å². The van der Waals surface area contributed by atoms with Crippen molar-refractivity contribution in [3.8, 4) is 17.2 Å². The molecule has 1 aliphatic heterocycles. The zero-order valence-corrected chi connectivity index (χ0v) is 20.0. The van der Waals surface area contributed by atoms with Gasteiger partial charge >= 0.3 is 0 Å². The summed E-state index contributed by atoms with van der Waals surface area (Å²) in [6.07, 6.45) is -0.766. The predicted molar refractivity (Wildman–Crippen MR) is 127 cm³/mol. The molecule has 0 bridgehead atoms. The standard InChI is InChI=1S/C21H18O7.C5H11NO2/c1-8(22)9-6-11-14(12(23)7-9)20(26)17-16(19(11)25)18(24)10-4-3-5-13(28-2)15(10)21(17)27;6-4-1-2-8-3-5(4)7/h3-5,9,12,23,25-26H,6-7H2,1-2H3;4-5,7H,1-3,6H2. The molecule has 0 amide bonds. The van der Waals surface area contributed by atoms with Crippen molar-refractivity contribution in [3.05, 3.63) is 51.6 Å². The van der Waals surface area contributed by atoms with Crippen LogP contribution in [-0.4, -0.2) is 70.2 Å². The second-order valence-corrected chi connectivity index (χ2v) is 9.24. The van der Waals surface area contributed by atoms with Crippen LogP contribution in [0.4, 0.5) is 0 Å². The quantitative estimate of drug-likeness (QED) is 0.322. The van der Waals surface area contributed by atoms with Crippen LogP contribution in [-0.2, 0) is 16.0 Å². The number of hydrogen-bond donors (Lipinski definition) is 5. The lowest BCUT2D eigenvalue weighted by atomic mass is 9.74. The molecule has 4 unspecified atom stereocenters. The predicted octanol–water partition coefficient (Wildman–Crippen LogP) is 1.16. The van der Waals surface area contributed by atoms with Crippen LogP contribution < -0.4 is 10.5 Å². The maximum absolute atomic E-state index is 13.1. The molecule has 3 aliphatic rings. The summed E-state index contributed by atoms with van der Waals surface area (Å²) >= 11 is 0. The minimum atomic E-state index is -1.24. The fraction of sp³-hybridized carbons (Fsp3) is 0.423. The minimum Gasteiger partial charge on any atom is -0.507 e. The molecule has 1 saturated heterocycles. The monoisotopic (exact) mass is 499 g/mol. The van der Waals surface area contributed by atoms with Gasteiger partial charge in [-0.3, -0.25) is 14.4 Å². The SMILES string of the molecule is COc1cccc2c1C(=O)c1c(O)c3c(c(O)c1C2=O)CC(C(C)=O)CC3O.NC1CCOCC1O. The first-order valence-corrected chi connectivity index (χ1v) is 11.6. The van der Waals surface area contributed by atoms with E-state index in [1.54, 1.807) is 6.07 Å². The van der Waals surface area contributed by atoms with Gasteiger partial charge in [0.1, 0.15) is 23.0 Å². The van der Waals surface area contributed by atoms with Gasteiger partial charge in [0, 0.05) is 35.3 Å². The molecule has 1 fully saturated rings. The summed E-state index contributed by atoms with van der Waals surface area (Å²) in [5.41, 5.74) is 4.98. The number of nitrogens with two attached hydrogens (primary N) is 1. The molecule has 10 heteroatoms. The summed E-state index contributed by atoms with van der Waals surface area (Å²) in [7, 11) is 1.36. The van der Waals surface area contributed by atoms with Gasteiger partial charge in [0.15, 0.2) is 5.78 Å². The summed E-state index contributed by atoms with van der Waals surface area (Å²) in [5.74, 6) is -2.84. The van der Waals surface area contributed by atoms with Gasteiger partial charge in [0.05, 0.1) is 42.6 Å². The van der Waals surface area contributed by atoms with E-state index in [0.717, 1.165) is 6.42 Å². The van der Waals surface area contributed by atoms with Crippen molar-refractivity contribution in [2.75, 3.05) is 20.3 Å². The molecule has 5 rings (SSSR count). The van der Waals surface area contributed by atoms with Crippen molar-refractivity contribution in [2.45, 2.75) is 44.4 Å². The maximum atomic E-state index is 13.1. The van der Waals surface area contributed by atoms with Gasteiger partial charge in [-0.25, -0.2) is 0 Å². The van der Waals surface area contributed by atoms with E-state index in [9.17, 15) is 29.7 Å². The van der Waals surface area contributed by atoms with Gasteiger partial charge in [-0.05, 0) is 32.3 Å². The van der Waals surface area contributed by atoms with Crippen LogP contribution in [0.25, 0.3) is 0 Å². The molecule has 2 aromatic carbocycles. The lowest BCUT2D eigenvalue weighted by Gasteiger charge is -2.31. The third-order valence-electron chi connectivity index (χ3n) is 7.01. The van der Waals surface area contributed by atoms with Crippen LogP contribution in [0.3, 0.4) is 0 Å². The van der Waals surface area contributed by atoms with E-state index >= 15 is 0 Å². The molecule has 36 heavy (non-hydrogen) atoms. The molecule has 0 radical (unpaired) electrons. The van der Waals surface area contributed by atoms with Gasteiger partial charge in [0.25, 0.3) is 0 Å². The molecule has 4 atom stereocenters. The Hall–Kier alpha value is -3.31. The smallest absolute Gasteiger partial charge is 0.202 e. The molecule has 0 spiro atoms. The van der Waals surface area contributed by atoms with Gasteiger partial charge in [-0.2, -0.15) is 0 Å². The van der Waals surface area contributed by atoms with Crippen molar-refractivity contribution >= 4 is 17.3 Å². The molecule has 1 heterocycles. The number of rotatable bonds is 2. The minimum absolute atomic E-state index is 0.00376. The number of Topliss-reactive ketones (excluding diaryl/α,β-unsaturated/α-hetero) is 1. The van der Waals surface area contributed by atoms with Crippen molar-refractivity contribution in [1.29, 1.82) is 0 Å². The largest absolute Gasteiger partial charge is 0.507 e. The maximum Gasteiger partial charge on any atom is 0.202 e. The third-order valence-corrected chi connectivity index (χ3v) is 7.01. The Morgan fingerprint density at radius 1 is 1.08 bits per heavy atom. The van der Waals surface area contributed by atoms with E-state index in [2.05, 4.69) is 0 Å². The summed E-state index contributed by atoms with van der Waals surface area (Å²) in [6, 6.07) is 4.46. The average Bonchev–Trinajstić information content (AvgIpc) is 2.85. The molecular weight excluding hydrogens is 470 g/mol. The van der Waals surface area contributed by atoms with Crippen LogP contribution in [0.5, 0.6) is 17.2 Å². The number of aliphatic hydroxyl groups excluding tert-OH is 2. The number of phenols is 2. The Morgan fingerprint density at radius 2 is 1.78 bits per heavy atom. The van der Waals surface area contributed by atoms with E-state index in [-0.39, 0.29) is 63.8 Å². The number of carbonyl (C=O) groups excluding carboxylic acids is 3. The molecule has 2 aromatic rings. The molecule has 10 nitrogen and oxygen atoms in total. The molecule has 2 aliphatic carbocycles. The number of benzene rings is 2. The number of aromatic hydroxyl groups is 2. The van der Waals surface area contributed by atoms with Crippen molar-refractivity contribution in [2.24, 2.45) is 11.7 Å². The normalized spacial score (nSPS) is 24.6. The van der Waals surface area contributed by atoms with Gasteiger partial charge < -0.3 is 35.6 Å². The van der Waals surface area contributed by atoms with Crippen LogP contribution in [0.1, 0.15) is 68.8 Å². The fourth-order valence-corrected chi connectivity index (χ4v) is 4.95. The fourth-order valence-electron chi connectivity index (χ4n) is 4.95. The van der Waals surface area contributed by atoms with Crippen LogP contribution >= 0.6 is 0 Å². The van der Waals surface area contributed by atoms with E-state index in [1.807, 2.05) is 0 Å². The lowest BCUT2D eigenvalue weighted by Crippen LogP contribution is -2.42. The highest BCUT2D eigenvalue weighted by Gasteiger charge is 2.42. The first-order chi connectivity index (χ1) is 17.1. The Morgan fingerprint density at radius 3 is 2.36 bits per heavy atom. The first kappa shape index (κ1) is 25.8. The van der Waals surface area contributed by atoms with Gasteiger partial charge in [-0.1, -0.05) is 12.1 Å². The zero-order chi connectivity index (χ0) is 26.3. The highest BCUT2D eigenvalue weighted by Crippen LogP contribution is 2.50. The highest BCUT2D eigenvalue weighted by atomic mass is 16.5. The number of ether oxygens (including phenoxy) is 2. The second-order valence-electron chi connectivity index (χ2n) is 9.24. The number of carbonyl (C=O) groups is 3. The topological polar surface area (TPSA) is 177 Å². The van der Waals surface area contributed by atoms with Gasteiger partial charge in [-0.15, -0.1) is 0 Å². The molecule has 6 N–H and O–H groups in total. The molecule has 0 aromatic heterocycles. The van der Waals surface area contributed by atoms with E-state index in [1.165, 1.54) is 26.2 Å². The Bertz CT molecular complexity index is 1230. The number of ketones is 3. The molecule has 0 saturated carbocycles. The highest BCUT2D eigenvalue weighted by molar-refractivity contribution is 6.31. The van der Waals surface area contributed by atoms with Crippen molar-refractivity contribution < 1.29 is 44.3 Å². The van der Waals surface area contributed by atoms with Crippen molar-refractivity contribution in [3.63, 3.8) is 0 Å². The van der Waals surface area contributed by atoms with E-state index < -0.39 is 41.2 Å². The number of aliphatic hydroxyl groups is 2. The number of fused-ring (bicyclic) bond motifs is 3. The summed E-state index contributed by atoms with van der Waals surface area (Å²) in [4.78, 5) is 38.0. The van der Waals surface area contributed by atoms with Crippen molar-refractivity contribution in [1.82, 2.24) is 0 Å². The first-order valence-electron chi connectivity index (χ1n) is 11.6. The number of methoxy groups -OCH3 is 1. The van der Waals surface area contributed by atoms with E-state index in [0.29, 0.717) is 13.2 Å². The zero-order valence-electron chi connectivity index (χ0n) is 20.0. The third kappa shape index (κ3) is 4.26. The van der Waals surface area contributed by atoms with Gasteiger partial charge in [0.2, 0.25) is 5.78 Å². The summed E-state index contributed by atoms with van der Waals surface area (Å²) in [5, 5.41) is 41.1. The average molecular weight is 500 g/mol. The Balaban J connectivity index is 0.000000325. The van der Waals surface area contributed by atoms with Crippen LogP contribution in [0.2, 0.25) is 0 Å². The van der Waals surface area contributed by atoms with Crippen LogP contribution in [0, 0.1) is 5.92 Å². The second kappa shape index (κ2) is 9.98. The molecule has 192 valence electrons. The number of phenolic OH excluding ortho intramolecular Hbond substituents is 2.